The van der Waals surface area contributed by atoms with Crippen LogP contribution in [0.1, 0.15) is 32.6 Å². The SMILES string of the molecule is CC(C)C(c1nc(-c2cccc(F)c2)no1)C(C)N. The number of halogens is 1. The molecule has 0 aliphatic carbocycles. The molecule has 19 heavy (non-hydrogen) atoms. The summed E-state index contributed by atoms with van der Waals surface area (Å²) in [6, 6.07) is 6.04. The van der Waals surface area contributed by atoms with Crippen molar-refractivity contribution in [3.8, 4) is 11.4 Å². The van der Waals surface area contributed by atoms with Gasteiger partial charge < -0.3 is 10.3 Å². The number of aromatic nitrogens is 2. The topological polar surface area (TPSA) is 64.9 Å². The fraction of sp³-hybridized carbons (Fsp3) is 0.429. The van der Waals surface area contributed by atoms with E-state index in [1.165, 1.54) is 12.1 Å². The number of hydrogen-bond acceptors (Lipinski definition) is 4. The predicted molar refractivity (Wildman–Crippen MR) is 70.9 cm³/mol. The molecular weight excluding hydrogens is 245 g/mol. The van der Waals surface area contributed by atoms with Crippen LogP contribution in [-0.2, 0) is 0 Å². The van der Waals surface area contributed by atoms with Crippen LogP contribution in [0.25, 0.3) is 11.4 Å². The van der Waals surface area contributed by atoms with Crippen molar-refractivity contribution >= 4 is 0 Å². The van der Waals surface area contributed by atoms with Gasteiger partial charge in [-0.1, -0.05) is 31.1 Å². The lowest BCUT2D eigenvalue weighted by Gasteiger charge is -2.20. The number of hydrogen-bond donors (Lipinski definition) is 1. The molecule has 2 aromatic rings. The van der Waals surface area contributed by atoms with Gasteiger partial charge >= 0.3 is 0 Å². The lowest BCUT2D eigenvalue weighted by molar-refractivity contribution is 0.300. The molecule has 4 nitrogen and oxygen atoms in total. The third kappa shape index (κ3) is 2.98. The Morgan fingerprint density at radius 2 is 2.00 bits per heavy atom. The molecule has 0 spiro atoms. The Hall–Kier alpha value is -1.75. The molecule has 0 saturated carbocycles. The van der Waals surface area contributed by atoms with Gasteiger partial charge in [0.05, 0.1) is 5.92 Å². The average Bonchev–Trinajstić information content (AvgIpc) is 2.77. The maximum absolute atomic E-state index is 13.2. The third-order valence-electron chi connectivity index (χ3n) is 3.09. The second-order valence-electron chi connectivity index (χ2n) is 5.10. The number of nitrogens with two attached hydrogens (primary N) is 1. The van der Waals surface area contributed by atoms with Gasteiger partial charge in [0.25, 0.3) is 0 Å². The zero-order valence-corrected chi connectivity index (χ0v) is 11.3. The van der Waals surface area contributed by atoms with Crippen LogP contribution < -0.4 is 5.73 Å². The predicted octanol–water partition coefficient (Wildman–Crippen LogP) is 2.96. The van der Waals surface area contributed by atoms with Crippen LogP contribution in [0.2, 0.25) is 0 Å². The van der Waals surface area contributed by atoms with Gasteiger partial charge in [-0.3, -0.25) is 0 Å². The third-order valence-corrected chi connectivity index (χ3v) is 3.09. The Kier molecular flexibility index (Phi) is 3.95. The summed E-state index contributed by atoms with van der Waals surface area (Å²) in [5.74, 6) is 0.858. The summed E-state index contributed by atoms with van der Waals surface area (Å²) < 4.78 is 18.4. The van der Waals surface area contributed by atoms with Crippen LogP contribution in [0.5, 0.6) is 0 Å². The minimum absolute atomic E-state index is 0.00481. The molecule has 2 N–H and O–H groups in total. The molecule has 0 radical (unpaired) electrons. The summed E-state index contributed by atoms with van der Waals surface area (Å²) in [7, 11) is 0. The number of nitrogens with zero attached hydrogens (tertiary/aromatic N) is 2. The van der Waals surface area contributed by atoms with E-state index in [2.05, 4.69) is 24.0 Å². The van der Waals surface area contributed by atoms with Gasteiger partial charge in [0.15, 0.2) is 0 Å². The fourth-order valence-corrected chi connectivity index (χ4v) is 2.23. The normalized spacial score (nSPS) is 14.6. The Morgan fingerprint density at radius 3 is 2.58 bits per heavy atom. The second-order valence-corrected chi connectivity index (χ2v) is 5.10. The zero-order valence-electron chi connectivity index (χ0n) is 11.3. The molecule has 2 rings (SSSR count). The van der Waals surface area contributed by atoms with Crippen molar-refractivity contribution in [1.82, 2.24) is 10.1 Å². The van der Waals surface area contributed by atoms with Crippen LogP contribution >= 0.6 is 0 Å². The van der Waals surface area contributed by atoms with Crippen LogP contribution in [0.4, 0.5) is 4.39 Å². The summed E-state index contributed by atoms with van der Waals surface area (Å²) in [6.45, 7) is 6.02. The van der Waals surface area contributed by atoms with Crippen LogP contribution in [-0.4, -0.2) is 16.2 Å². The lowest BCUT2D eigenvalue weighted by Crippen LogP contribution is -2.28. The number of benzene rings is 1. The molecule has 0 amide bonds. The van der Waals surface area contributed by atoms with Crippen molar-refractivity contribution in [2.45, 2.75) is 32.7 Å². The molecule has 0 saturated heterocycles. The van der Waals surface area contributed by atoms with Crippen molar-refractivity contribution in [3.63, 3.8) is 0 Å². The maximum atomic E-state index is 13.2. The van der Waals surface area contributed by atoms with Gasteiger partial charge in [-0.2, -0.15) is 4.98 Å². The Morgan fingerprint density at radius 1 is 1.26 bits per heavy atom. The molecule has 2 atom stereocenters. The van der Waals surface area contributed by atoms with E-state index in [-0.39, 0.29) is 17.8 Å². The quantitative estimate of drug-likeness (QED) is 0.921. The Labute approximate surface area is 111 Å². The van der Waals surface area contributed by atoms with Crippen molar-refractivity contribution in [3.05, 3.63) is 36.0 Å². The highest BCUT2D eigenvalue weighted by Crippen LogP contribution is 2.27. The summed E-state index contributed by atoms with van der Waals surface area (Å²) in [6.07, 6.45) is 0. The van der Waals surface area contributed by atoms with Crippen molar-refractivity contribution in [2.24, 2.45) is 11.7 Å². The van der Waals surface area contributed by atoms with Crippen molar-refractivity contribution in [1.29, 1.82) is 0 Å². The average molecular weight is 263 g/mol. The first-order valence-corrected chi connectivity index (χ1v) is 6.34. The molecule has 0 fully saturated rings. The van der Waals surface area contributed by atoms with E-state index in [1.54, 1.807) is 12.1 Å². The molecular formula is C14H18FN3O. The highest BCUT2D eigenvalue weighted by Gasteiger charge is 2.26. The van der Waals surface area contributed by atoms with Crippen LogP contribution in [0.3, 0.4) is 0 Å². The molecule has 1 aromatic carbocycles. The van der Waals surface area contributed by atoms with E-state index in [9.17, 15) is 4.39 Å². The summed E-state index contributed by atoms with van der Waals surface area (Å²) in [4.78, 5) is 4.34. The first kappa shape index (κ1) is 13.7. The van der Waals surface area contributed by atoms with Gasteiger partial charge in [0.2, 0.25) is 11.7 Å². The molecule has 0 bridgehead atoms. The minimum atomic E-state index is -0.323. The first-order valence-electron chi connectivity index (χ1n) is 6.34. The highest BCUT2D eigenvalue weighted by atomic mass is 19.1. The molecule has 0 aliphatic heterocycles. The Bertz CT molecular complexity index is 543. The lowest BCUT2D eigenvalue weighted by atomic mass is 9.90. The molecule has 1 heterocycles. The number of rotatable bonds is 4. The van der Waals surface area contributed by atoms with Crippen LogP contribution in [0, 0.1) is 11.7 Å². The summed E-state index contributed by atoms with van der Waals surface area (Å²) in [5, 5.41) is 3.90. The van der Waals surface area contributed by atoms with Gasteiger partial charge in [-0.15, -0.1) is 0 Å². The molecule has 0 aliphatic rings. The molecule has 2 unspecified atom stereocenters. The van der Waals surface area contributed by atoms with Gasteiger partial charge in [0, 0.05) is 11.6 Å². The maximum Gasteiger partial charge on any atom is 0.231 e. The minimum Gasteiger partial charge on any atom is -0.339 e. The van der Waals surface area contributed by atoms with Crippen LogP contribution in [0.15, 0.2) is 28.8 Å². The highest BCUT2D eigenvalue weighted by molar-refractivity contribution is 5.53. The fourth-order valence-electron chi connectivity index (χ4n) is 2.23. The summed E-state index contributed by atoms with van der Waals surface area (Å²) in [5.41, 5.74) is 6.55. The Balaban J connectivity index is 2.33. The summed E-state index contributed by atoms with van der Waals surface area (Å²) >= 11 is 0. The monoisotopic (exact) mass is 263 g/mol. The van der Waals surface area contributed by atoms with Crippen molar-refractivity contribution < 1.29 is 8.91 Å². The van der Waals surface area contributed by atoms with E-state index < -0.39 is 0 Å². The van der Waals surface area contributed by atoms with Gasteiger partial charge in [0.1, 0.15) is 5.82 Å². The molecule has 102 valence electrons. The second kappa shape index (κ2) is 5.48. The van der Waals surface area contributed by atoms with E-state index in [4.69, 9.17) is 10.3 Å². The van der Waals surface area contributed by atoms with E-state index in [1.807, 2.05) is 6.92 Å². The van der Waals surface area contributed by atoms with Gasteiger partial charge in [-0.25, -0.2) is 4.39 Å². The zero-order chi connectivity index (χ0) is 14.0. The van der Waals surface area contributed by atoms with E-state index in [0.717, 1.165) is 0 Å². The molecule has 1 aromatic heterocycles. The van der Waals surface area contributed by atoms with Gasteiger partial charge in [-0.05, 0) is 25.0 Å². The first-order chi connectivity index (χ1) is 8.99. The smallest absolute Gasteiger partial charge is 0.231 e. The van der Waals surface area contributed by atoms with Crippen molar-refractivity contribution in [2.75, 3.05) is 0 Å². The largest absolute Gasteiger partial charge is 0.339 e. The van der Waals surface area contributed by atoms with E-state index >= 15 is 0 Å². The standard InChI is InChI=1S/C14H18FN3O/c1-8(2)12(9(3)16)14-17-13(18-19-14)10-5-4-6-11(15)7-10/h4-9,12H,16H2,1-3H3. The molecule has 5 heteroatoms. The van der Waals surface area contributed by atoms with E-state index in [0.29, 0.717) is 23.2 Å².